The fourth-order valence-electron chi connectivity index (χ4n) is 3.57. The van der Waals surface area contributed by atoms with Gasteiger partial charge in [0.15, 0.2) is 0 Å². The molecule has 21 heavy (non-hydrogen) atoms. The molecule has 0 amide bonds. The fraction of sp³-hybridized carbons (Fsp3) is 0.529. The molecule has 1 fully saturated rings. The Hall–Kier alpha value is -1.84. The van der Waals surface area contributed by atoms with Crippen LogP contribution in [0.5, 0.6) is 5.75 Å². The first-order valence-corrected chi connectivity index (χ1v) is 7.69. The molecule has 1 saturated carbocycles. The number of methoxy groups -OCH3 is 1. The van der Waals surface area contributed by atoms with E-state index in [0.717, 1.165) is 34.8 Å². The van der Waals surface area contributed by atoms with Crippen molar-refractivity contribution in [1.29, 1.82) is 0 Å². The highest BCUT2D eigenvalue weighted by Crippen LogP contribution is 2.48. The van der Waals surface area contributed by atoms with Crippen molar-refractivity contribution in [3.05, 3.63) is 24.4 Å². The highest BCUT2D eigenvalue weighted by Gasteiger charge is 2.40. The Labute approximate surface area is 125 Å². The molecule has 1 heterocycles. The molecule has 0 bridgehead atoms. The van der Waals surface area contributed by atoms with Gasteiger partial charge in [0.1, 0.15) is 5.75 Å². The number of nitrogens with zero attached hydrogens (tertiary/aromatic N) is 2. The van der Waals surface area contributed by atoms with Crippen molar-refractivity contribution in [2.45, 2.75) is 33.1 Å². The molecule has 1 aliphatic rings. The molecule has 2 aromatic rings. The van der Waals surface area contributed by atoms with Gasteiger partial charge in [0, 0.05) is 18.0 Å². The van der Waals surface area contributed by atoms with Gasteiger partial charge >= 0.3 is 0 Å². The van der Waals surface area contributed by atoms with E-state index >= 15 is 0 Å². The monoisotopic (exact) mass is 285 g/mol. The summed E-state index contributed by atoms with van der Waals surface area (Å²) in [6.45, 7) is 5.64. The Morgan fingerprint density at radius 2 is 2.19 bits per heavy atom. The lowest BCUT2D eigenvalue weighted by atomic mass is 9.61. The van der Waals surface area contributed by atoms with Gasteiger partial charge in [-0.2, -0.15) is 10.2 Å². The van der Waals surface area contributed by atoms with Crippen LogP contribution in [0.4, 0.5) is 5.69 Å². The van der Waals surface area contributed by atoms with Crippen molar-refractivity contribution < 1.29 is 4.74 Å². The normalized spacial score (nSPS) is 24.6. The van der Waals surface area contributed by atoms with E-state index < -0.39 is 0 Å². The molecule has 0 radical (unpaired) electrons. The van der Waals surface area contributed by atoms with E-state index in [-0.39, 0.29) is 0 Å². The molecule has 0 saturated heterocycles. The molecule has 0 spiro atoms. The smallest absolute Gasteiger partial charge is 0.121 e. The minimum absolute atomic E-state index is 0.460. The summed E-state index contributed by atoms with van der Waals surface area (Å²) in [5.41, 5.74) is 2.39. The van der Waals surface area contributed by atoms with E-state index in [0.29, 0.717) is 5.41 Å². The van der Waals surface area contributed by atoms with Crippen LogP contribution in [-0.2, 0) is 0 Å². The molecule has 0 unspecified atom stereocenters. The zero-order chi connectivity index (χ0) is 14.9. The Balaban J connectivity index is 1.81. The Morgan fingerprint density at radius 1 is 1.38 bits per heavy atom. The van der Waals surface area contributed by atoms with E-state index in [2.05, 4.69) is 29.4 Å². The molecule has 4 nitrogen and oxygen atoms in total. The van der Waals surface area contributed by atoms with Gasteiger partial charge in [-0.15, -0.1) is 0 Å². The maximum Gasteiger partial charge on any atom is 0.121 e. The zero-order valence-electron chi connectivity index (χ0n) is 13.0. The van der Waals surface area contributed by atoms with Gasteiger partial charge in [-0.1, -0.05) is 13.8 Å². The molecule has 1 aromatic heterocycles. The average Bonchev–Trinajstić information content (AvgIpc) is 2.49. The third-order valence-corrected chi connectivity index (χ3v) is 4.81. The maximum absolute atomic E-state index is 5.24. The van der Waals surface area contributed by atoms with Gasteiger partial charge in [0.25, 0.3) is 0 Å². The lowest BCUT2D eigenvalue weighted by Gasteiger charge is -2.46. The number of benzene rings is 1. The summed E-state index contributed by atoms with van der Waals surface area (Å²) in [6, 6.07) is 5.94. The summed E-state index contributed by atoms with van der Waals surface area (Å²) in [5.74, 6) is 1.68. The third kappa shape index (κ3) is 2.67. The minimum Gasteiger partial charge on any atom is -0.497 e. The number of ether oxygens (including phenoxy) is 1. The number of rotatable bonds is 5. The lowest BCUT2D eigenvalue weighted by Crippen LogP contribution is -2.41. The van der Waals surface area contributed by atoms with Gasteiger partial charge in [-0.05, 0) is 42.7 Å². The summed E-state index contributed by atoms with van der Waals surface area (Å²) >= 11 is 0. The van der Waals surface area contributed by atoms with Gasteiger partial charge in [-0.3, -0.25) is 0 Å². The highest BCUT2D eigenvalue weighted by atomic mass is 16.5. The molecule has 1 aromatic carbocycles. The first kappa shape index (κ1) is 14.1. The van der Waals surface area contributed by atoms with Crippen LogP contribution in [-0.4, -0.2) is 23.9 Å². The Bertz CT molecular complexity index is 635. The van der Waals surface area contributed by atoms with Crippen LogP contribution in [0.25, 0.3) is 10.9 Å². The van der Waals surface area contributed by atoms with Gasteiger partial charge in [0.2, 0.25) is 0 Å². The average molecular weight is 285 g/mol. The second-order valence-electron chi connectivity index (χ2n) is 6.36. The molecule has 112 valence electrons. The second-order valence-corrected chi connectivity index (χ2v) is 6.36. The Kier molecular flexibility index (Phi) is 3.70. The number of hydrogen-bond acceptors (Lipinski definition) is 4. The van der Waals surface area contributed by atoms with E-state index in [4.69, 9.17) is 4.74 Å². The van der Waals surface area contributed by atoms with Crippen molar-refractivity contribution in [2.75, 3.05) is 19.0 Å². The standard InChI is InChI=1S/C17H23N3O/c1-4-17(8-12(2)9-17)11-18-16-10-19-20-15-7-13(21-3)5-6-14(15)16/h5-7,10,12H,4,8-9,11H2,1-3H3,(H,18,20). The van der Waals surface area contributed by atoms with Crippen LogP contribution in [0.3, 0.4) is 0 Å². The van der Waals surface area contributed by atoms with Crippen molar-refractivity contribution in [3.63, 3.8) is 0 Å². The van der Waals surface area contributed by atoms with Gasteiger partial charge in [0.05, 0.1) is 24.5 Å². The molecule has 1 N–H and O–H groups in total. The fourth-order valence-corrected chi connectivity index (χ4v) is 3.57. The van der Waals surface area contributed by atoms with E-state index in [1.807, 2.05) is 24.4 Å². The highest BCUT2D eigenvalue weighted by molar-refractivity contribution is 5.91. The molecular formula is C17H23N3O. The summed E-state index contributed by atoms with van der Waals surface area (Å²) in [6.07, 6.45) is 5.69. The van der Waals surface area contributed by atoms with Crippen LogP contribution in [0, 0.1) is 11.3 Å². The molecule has 3 rings (SSSR count). The number of anilines is 1. The first-order valence-electron chi connectivity index (χ1n) is 7.69. The molecular weight excluding hydrogens is 262 g/mol. The third-order valence-electron chi connectivity index (χ3n) is 4.81. The van der Waals surface area contributed by atoms with Crippen molar-refractivity contribution in [2.24, 2.45) is 11.3 Å². The molecule has 0 atom stereocenters. The zero-order valence-corrected chi connectivity index (χ0v) is 13.0. The van der Waals surface area contributed by atoms with Crippen LogP contribution in [0.1, 0.15) is 33.1 Å². The number of nitrogens with one attached hydrogen (secondary N) is 1. The van der Waals surface area contributed by atoms with Crippen molar-refractivity contribution >= 4 is 16.6 Å². The van der Waals surface area contributed by atoms with E-state index in [9.17, 15) is 0 Å². The SMILES string of the molecule is CCC1(CNc2cnnc3cc(OC)ccc23)CC(C)C1. The van der Waals surface area contributed by atoms with E-state index in [1.165, 1.54) is 19.3 Å². The number of aromatic nitrogens is 2. The van der Waals surface area contributed by atoms with E-state index in [1.54, 1.807) is 7.11 Å². The Morgan fingerprint density at radius 3 is 2.86 bits per heavy atom. The van der Waals surface area contributed by atoms with Crippen molar-refractivity contribution in [3.8, 4) is 5.75 Å². The predicted octanol–water partition coefficient (Wildman–Crippen LogP) is 3.88. The molecule has 0 aliphatic heterocycles. The topological polar surface area (TPSA) is 47.0 Å². The molecule has 1 aliphatic carbocycles. The predicted molar refractivity (Wildman–Crippen MR) is 85.7 cm³/mol. The minimum atomic E-state index is 0.460. The van der Waals surface area contributed by atoms with Gasteiger partial charge in [-0.25, -0.2) is 0 Å². The van der Waals surface area contributed by atoms with Crippen LogP contribution in [0.15, 0.2) is 24.4 Å². The second kappa shape index (κ2) is 5.51. The maximum atomic E-state index is 5.24. The summed E-state index contributed by atoms with van der Waals surface area (Å²) in [5, 5.41) is 13.0. The number of fused-ring (bicyclic) bond motifs is 1. The lowest BCUT2D eigenvalue weighted by molar-refractivity contribution is 0.0762. The number of hydrogen-bond donors (Lipinski definition) is 1. The summed E-state index contributed by atoms with van der Waals surface area (Å²) in [7, 11) is 1.67. The largest absolute Gasteiger partial charge is 0.497 e. The van der Waals surface area contributed by atoms with Crippen LogP contribution in [0.2, 0.25) is 0 Å². The molecule has 4 heteroatoms. The summed E-state index contributed by atoms with van der Waals surface area (Å²) < 4.78 is 5.24. The van der Waals surface area contributed by atoms with Crippen LogP contribution >= 0.6 is 0 Å². The summed E-state index contributed by atoms with van der Waals surface area (Å²) in [4.78, 5) is 0. The quantitative estimate of drug-likeness (QED) is 0.905. The van der Waals surface area contributed by atoms with Crippen LogP contribution < -0.4 is 10.1 Å². The van der Waals surface area contributed by atoms with Crippen molar-refractivity contribution in [1.82, 2.24) is 10.2 Å². The van der Waals surface area contributed by atoms with Gasteiger partial charge < -0.3 is 10.1 Å². The first-order chi connectivity index (χ1) is 10.2.